The molecule has 4 aromatic carbocycles. The molecular weight excluding hydrogens is 977 g/mol. The molecule has 2 aliphatic heterocycles. The van der Waals surface area contributed by atoms with Crippen LogP contribution in [-0.2, 0) is 58.9 Å². The van der Waals surface area contributed by atoms with E-state index in [0.717, 1.165) is 67.8 Å². The zero-order valence-electron chi connectivity index (χ0n) is 41.8. The SMILES string of the molecule is C[C@H]1CN(Cc2ccc(F)c(-c3ccnc(CCCc4ccc(OS(N)(=O)=O)c(O)c4)n3)c2)[C@@H](C)CN1.C[C@H]1CN(Cc2ccc(F)c(-c3ccnc(CCCc4ccc(S(C)(=O)=O)c(O)c4)n3)c2)[C@@H](C)CN1. The molecular formula is C53H65F2N9O7S2. The van der Waals surface area contributed by atoms with Crippen LogP contribution in [0, 0.1) is 11.6 Å². The van der Waals surface area contributed by atoms with E-state index in [1.165, 1.54) is 36.4 Å². The molecule has 0 unspecified atom stereocenters. The zero-order valence-corrected chi connectivity index (χ0v) is 43.4. The third kappa shape index (κ3) is 15.8. The van der Waals surface area contributed by atoms with Gasteiger partial charge in [-0.3, -0.25) is 9.80 Å². The molecule has 2 aromatic heterocycles. The number of benzene rings is 4. The molecule has 0 amide bonds. The number of phenols is 2. The van der Waals surface area contributed by atoms with Crippen molar-refractivity contribution in [2.24, 2.45) is 5.14 Å². The van der Waals surface area contributed by atoms with E-state index in [4.69, 9.17) is 5.14 Å². The monoisotopic (exact) mass is 1040 g/mol. The standard InChI is InChI=1S/C27H33FN4O3S.C26H32FN5O4S/c1-18-16-32(19(2)15-30-18)17-21-7-9-23(28)22(13-21)24-11-12-29-27(31-24)6-4-5-20-8-10-26(25(33)14-20)36(3,34)35;1-17-15-32(18(2)14-30-17)16-20-6-8-22(27)21(12-20)23-10-11-29-26(31-23)5-3-4-19-7-9-25(24(33)13-19)36-37(28,34)35/h7-14,18-19,30,33H,4-6,15-17H2,1-3H3;6-13,17-18,30,33H,3-5,14-16H2,1-2H3,(H2,28,34,35)/t18-,19-;17-,18-/m00/s1. The van der Waals surface area contributed by atoms with Gasteiger partial charge in [-0.2, -0.15) is 13.6 Å². The molecule has 2 saturated heterocycles. The molecule has 2 fully saturated rings. The predicted octanol–water partition coefficient (Wildman–Crippen LogP) is 6.68. The molecule has 6 aromatic rings. The number of halogens is 2. The van der Waals surface area contributed by atoms with Crippen LogP contribution in [0.3, 0.4) is 0 Å². The number of nitrogens with two attached hydrogens (primary N) is 1. The first kappa shape index (κ1) is 54.8. The third-order valence-corrected chi connectivity index (χ3v) is 14.5. The number of hydrogen-bond acceptors (Lipinski definition) is 15. The second kappa shape index (κ2) is 24.4. The van der Waals surface area contributed by atoms with Crippen molar-refractivity contribution in [1.82, 2.24) is 40.4 Å². The quantitative estimate of drug-likeness (QED) is 0.0643. The van der Waals surface area contributed by atoms with Crippen molar-refractivity contribution in [3.63, 3.8) is 0 Å². The summed E-state index contributed by atoms with van der Waals surface area (Å²) in [6.07, 6.45) is 8.03. The summed E-state index contributed by atoms with van der Waals surface area (Å²) < 4.78 is 79.6. The van der Waals surface area contributed by atoms with Crippen molar-refractivity contribution >= 4 is 20.1 Å². The Kier molecular flexibility index (Phi) is 18.3. The zero-order chi connectivity index (χ0) is 52.5. The highest BCUT2D eigenvalue weighted by molar-refractivity contribution is 7.90. The largest absolute Gasteiger partial charge is 0.507 e. The van der Waals surface area contributed by atoms with Gasteiger partial charge in [-0.1, -0.05) is 24.3 Å². The molecule has 4 atom stereocenters. The number of aromatic hydroxyl groups is 2. The van der Waals surface area contributed by atoms with Gasteiger partial charge in [-0.05, 0) is 136 Å². The molecule has 6 N–H and O–H groups in total. The minimum absolute atomic E-state index is 0.0764. The number of nitrogens with zero attached hydrogens (tertiary/aromatic N) is 6. The highest BCUT2D eigenvalue weighted by atomic mass is 32.2. The molecule has 4 heterocycles. The normalized spacial score (nSPS) is 18.7. The van der Waals surface area contributed by atoms with Gasteiger partial charge < -0.3 is 25.0 Å². The Hall–Kier alpha value is -6.00. The first-order valence-corrected chi connectivity index (χ1v) is 27.8. The molecule has 20 heteroatoms. The second-order valence-electron chi connectivity index (χ2n) is 19.2. The van der Waals surface area contributed by atoms with Crippen molar-refractivity contribution in [1.29, 1.82) is 0 Å². The number of sulfone groups is 1. The van der Waals surface area contributed by atoms with E-state index in [9.17, 15) is 35.8 Å². The highest BCUT2D eigenvalue weighted by Crippen LogP contribution is 2.30. The molecule has 16 nitrogen and oxygen atoms in total. The number of aryl methyl sites for hydroxylation is 4. The van der Waals surface area contributed by atoms with E-state index in [2.05, 4.69) is 72.2 Å². The van der Waals surface area contributed by atoms with Crippen LogP contribution in [0.5, 0.6) is 17.2 Å². The van der Waals surface area contributed by atoms with Crippen LogP contribution in [0.2, 0.25) is 0 Å². The smallest absolute Gasteiger partial charge is 0.380 e. The van der Waals surface area contributed by atoms with Crippen LogP contribution in [0.25, 0.3) is 22.5 Å². The molecule has 2 aliphatic rings. The summed E-state index contributed by atoms with van der Waals surface area (Å²) in [6, 6.07) is 24.5. The van der Waals surface area contributed by atoms with E-state index in [0.29, 0.717) is 96.9 Å². The molecule has 0 spiro atoms. The van der Waals surface area contributed by atoms with E-state index >= 15 is 0 Å². The van der Waals surface area contributed by atoms with Crippen LogP contribution in [-0.4, -0.2) is 113 Å². The van der Waals surface area contributed by atoms with E-state index < -0.39 is 20.1 Å². The van der Waals surface area contributed by atoms with Gasteiger partial charge in [-0.15, -0.1) is 0 Å². The number of aromatic nitrogens is 4. The van der Waals surface area contributed by atoms with Crippen molar-refractivity contribution in [3.05, 3.63) is 143 Å². The number of phenolic OH excluding ortho intramolecular Hbond substituents is 2. The maximum atomic E-state index is 14.8. The minimum Gasteiger partial charge on any atom is -0.507 e. The molecule has 0 radical (unpaired) electrons. The van der Waals surface area contributed by atoms with Gasteiger partial charge in [0, 0.05) is 106 Å². The van der Waals surface area contributed by atoms with Crippen LogP contribution in [0.15, 0.2) is 102 Å². The number of piperazine rings is 2. The number of nitrogens with one attached hydrogen (secondary N) is 2. The molecule has 390 valence electrons. The van der Waals surface area contributed by atoms with Crippen molar-refractivity contribution in [2.45, 2.75) is 108 Å². The molecule has 0 bridgehead atoms. The average molecular weight is 1040 g/mol. The minimum atomic E-state index is -4.22. The lowest BCUT2D eigenvalue weighted by atomic mass is 10.0. The average Bonchev–Trinajstić information content (AvgIpc) is 3.33. The Labute approximate surface area is 427 Å². The first-order chi connectivity index (χ1) is 34.7. The van der Waals surface area contributed by atoms with Crippen LogP contribution >= 0.6 is 0 Å². The molecule has 8 rings (SSSR count). The summed E-state index contributed by atoms with van der Waals surface area (Å²) >= 11 is 0. The van der Waals surface area contributed by atoms with Crippen molar-refractivity contribution in [2.75, 3.05) is 32.4 Å². The molecule has 0 aliphatic carbocycles. The van der Waals surface area contributed by atoms with Crippen LogP contribution in [0.4, 0.5) is 8.78 Å². The predicted molar refractivity (Wildman–Crippen MR) is 277 cm³/mol. The summed E-state index contributed by atoms with van der Waals surface area (Å²) in [7, 11) is -7.69. The maximum absolute atomic E-state index is 14.8. The Morgan fingerprint density at radius 2 is 1.08 bits per heavy atom. The lowest BCUT2D eigenvalue weighted by Gasteiger charge is -2.37. The van der Waals surface area contributed by atoms with Gasteiger partial charge in [0.05, 0.1) is 11.4 Å². The van der Waals surface area contributed by atoms with E-state index in [-0.39, 0.29) is 33.8 Å². The summed E-state index contributed by atoms with van der Waals surface area (Å²) in [5.41, 5.74) is 5.69. The summed E-state index contributed by atoms with van der Waals surface area (Å²) in [5, 5.41) is 31.8. The fourth-order valence-corrected chi connectivity index (χ4v) is 10.2. The van der Waals surface area contributed by atoms with Gasteiger partial charge in [0.25, 0.3) is 0 Å². The number of hydrogen-bond donors (Lipinski definition) is 5. The van der Waals surface area contributed by atoms with Gasteiger partial charge in [-0.25, -0.2) is 37.1 Å². The maximum Gasteiger partial charge on any atom is 0.380 e. The Morgan fingerprint density at radius 3 is 1.52 bits per heavy atom. The van der Waals surface area contributed by atoms with Gasteiger partial charge in [0.2, 0.25) is 0 Å². The lowest BCUT2D eigenvalue weighted by Crippen LogP contribution is -2.53. The highest BCUT2D eigenvalue weighted by Gasteiger charge is 2.25. The Morgan fingerprint density at radius 1 is 0.630 bits per heavy atom. The summed E-state index contributed by atoms with van der Waals surface area (Å²) in [6.45, 7) is 14.0. The fraction of sp³-hybridized carbons (Fsp3) is 0.396. The Balaban J connectivity index is 0.000000214. The number of rotatable bonds is 17. The van der Waals surface area contributed by atoms with E-state index in [1.807, 2.05) is 24.3 Å². The molecule has 73 heavy (non-hydrogen) atoms. The van der Waals surface area contributed by atoms with Gasteiger partial charge in [0.1, 0.15) is 33.9 Å². The lowest BCUT2D eigenvalue weighted by molar-refractivity contribution is 0.139. The topological polar surface area (TPSA) is 226 Å². The third-order valence-electron chi connectivity index (χ3n) is 13.0. The Bertz CT molecular complexity index is 3100. The van der Waals surface area contributed by atoms with Crippen LogP contribution in [0.1, 0.15) is 74.4 Å². The van der Waals surface area contributed by atoms with Crippen molar-refractivity contribution < 1.29 is 40.0 Å². The summed E-state index contributed by atoms with van der Waals surface area (Å²) in [5.74, 6) is -0.228. The van der Waals surface area contributed by atoms with Gasteiger partial charge in [0.15, 0.2) is 21.3 Å². The van der Waals surface area contributed by atoms with Crippen LogP contribution < -0.4 is 20.0 Å². The summed E-state index contributed by atoms with van der Waals surface area (Å²) in [4.78, 5) is 22.6. The second-order valence-corrected chi connectivity index (χ2v) is 22.3. The van der Waals surface area contributed by atoms with Crippen molar-refractivity contribution in [3.8, 4) is 39.8 Å². The first-order valence-electron chi connectivity index (χ1n) is 24.4. The fourth-order valence-electron chi connectivity index (χ4n) is 9.02. The van der Waals surface area contributed by atoms with E-state index in [1.54, 1.807) is 36.7 Å². The van der Waals surface area contributed by atoms with Gasteiger partial charge >= 0.3 is 10.3 Å². The molecule has 0 saturated carbocycles.